The summed E-state index contributed by atoms with van der Waals surface area (Å²) in [5, 5.41) is 40.3. The Morgan fingerprint density at radius 1 is 1.00 bits per heavy atom. The highest BCUT2D eigenvalue weighted by atomic mass is 16.4. The third-order valence-electron chi connectivity index (χ3n) is 2.35. The van der Waals surface area contributed by atoms with Gasteiger partial charge in [0.1, 0.15) is 6.10 Å². The van der Waals surface area contributed by atoms with Crippen LogP contribution in [-0.2, 0) is 0 Å². The van der Waals surface area contributed by atoms with E-state index in [1.807, 2.05) is 13.8 Å². The lowest BCUT2D eigenvalue weighted by Crippen LogP contribution is -2.47. The molecule has 0 bridgehead atoms. The summed E-state index contributed by atoms with van der Waals surface area (Å²) < 4.78 is 0. The molecule has 5 heteroatoms. The summed E-state index contributed by atoms with van der Waals surface area (Å²) in [7, 11) is 0. The minimum absolute atomic E-state index is 0.208. The zero-order chi connectivity index (χ0) is 12.0. The third-order valence-corrected chi connectivity index (χ3v) is 2.35. The Labute approximate surface area is 90.8 Å². The molecule has 0 aromatic carbocycles. The van der Waals surface area contributed by atoms with Crippen molar-refractivity contribution in [2.75, 3.05) is 13.2 Å². The van der Waals surface area contributed by atoms with E-state index in [-0.39, 0.29) is 19.2 Å². The zero-order valence-corrected chi connectivity index (χ0v) is 9.59. The fraction of sp³-hybridized carbons (Fsp3) is 1.00. The molecule has 0 aliphatic rings. The van der Waals surface area contributed by atoms with Crippen LogP contribution in [0.4, 0.5) is 0 Å². The quantitative estimate of drug-likeness (QED) is 0.368. The Bertz CT molecular complexity index is 166. The van der Waals surface area contributed by atoms with Gasteiger partial charge in [0.25, 0.3) is 0 Å². The summed E-state index contributed by atoms with van der Waals surface area (Å²) in [6.45, 7) is 5.45. The SMILES string of the molecule is CC(C)NCC(O)C(O)C(O)C(C)CO. The molecule has 0 heterocycles. The molecule has 5 N–H and O–H groups in total. The van der Waals surface area contributed by atoms with Crippen molar-refractivity contribution in [3.8, 4) is 0 Å². The van der Waals surface area contributed by atoms with Gasteiger partial charge in [-0.3, -0.25) is 0 Å². The smallest absolute Gasteiger partial charge is 0.107 e. The van der Waals surface area contributed by atoms with Crippen LogP contribution in [0.3, 0.4) is 0 Å². The molecule has 0 amide bonds. The largest absolute Gasteiger partial charge is 0.396 e. The molecule has 0 saturated heterocycles. The summed E-state index contributed by atoms with van der Waals surface area (Å²) in [4.78, 5) is 0. The lowest BCUT2D eigenvalue weighted by atomic mass is 9.97. The zero-order valence-electron chi connectivity index (χ0n) is 9.59. The van der Waals surface area contributed by atoms with Crippen LogP contribution >= 0.6 is 0 Å². The summed E-state index contributed by atoms with van der Waals surface area (Å²) in [5.74, 6) is -0.450. The van der Waals surface area contributed by atoms with Crippen molar-refractivity contribution in [2.45, 2.75) is 45.1 Å². The summed E-state index contributed by atoms with van der Waals surface area (Å²) in [6, 6.07) is 0.208. The van der Waals surface area contributed by atoms with Crippen molar-refractivity contribution < 1.29 is 20.4 Å². The minimum atomic E-state index is -1.24. The van der Waals surface area contributed by atoms with Gasteiger partial charge in [0.2, 0.25) is 0 Å². The molecule has 4 unspecified atom stereocenters. The van der Waals surface area contributed by atoms with Crippen molar-refractivity contribution in [2.24, 2.45) is 5.92 Å². The minimum Gasteiger partial charge on any atom is -0.396 e. The molecule has 0 spiro atoms. The monoisotopic (exact) mass is 221 g/mol. The van der Waals surface area contributed by atoms with E-state index in [1.165, 1.54) is 0 Å². The fourth-order valence-corrected chi connectivity index (χ4v) is 1.15. The van der Waals surface area contributed by atoms with Gasteiger partial charge in [0.15, 0.2) is 0 Å². The van der Waals surface area contributed by atoms with Crippen molar-refractivity contribution >= 4 is 0 Å². The van der Waals surface area contributed by atoms with Gasteiger partial charge in [-0.05, 0) is 0 Å². The second-order valence-corrected chi connectivity index (χ2v) is 4.27. The number of hydrogen-bond acceptors (Lipinski definition) is 5. The first-order valence-corrected chi connectivity index (χ1v) is 5.28. The molecule has 15 heavy (non-hydrogen) atoms. The van der Waals surface area contributed by atoms with E-state index in [1.54, 1.807) is 6.92 Å². The molecule has 0 saturated carbocycles. The van der Waals surface area contributed by atoms with Gasteiger partial charge in [0, 0.05) is 25.1 Å². The second kappa shape index (κ2) is 7.14. The second-order valence-electron chi connectivity index (χ2n) is 4.27. The first kappa shape index (κ1) is 14.8. The van der Waals surface area contributed by atoms with Crippen molar-refractivity contribution in [3.05, 3.63) is 0 Å². The van der Waals surface area contributed by atoms with Gasteiger partial charge in [-0.1, -0.05) is 20.8 Å². The molecular formula is C10H23NO4. The van der Waals surface area contributed by atoms with Crippen LogP contribution in [0.2, 0.25) is 0 Å². The highest BCUT2D eigenvalue weighted by molar-refractivity contribution is 4.80. The van der Waals surface area contributed by atoms with Gasteiger partial charge in [-0.2, -0.15) is 0 Å². The van der Waals surface area contributed by atoms with Gasteiger partial charge in [-0.15, -0.1) is 0 Å². The van der Waals surface area contributed by atoms with E-state index in [9.17, 15) is 15.3 Å². The number of rotatable bonds is 7. The van der Waals surface area contributed by atoms with Crippen molar-refractivity contribution in [1.29, 1.82) is 0 Å². The van der Waals surface area contributed by atoms with Gasteiger partial charge in [0.05, 0.1) is 12.2 Å². The van der Waals surface area contributed by atoms with Crippen molar-refractivity contribution in [3.63, 3.8) is 0 Å². The van der Waals surface area contributed by atoms with Crippen LogP contribution in [0.1, 0.15) is 20.8 Å². The maximum Gasteiger partial charge on any atom is 0.107 e. The normalized spacial score (nSPS) is 20.0. The number of hydrogen-bond donors (Lipinski definition) is 5. The summed E-state index contributed by atoms with van der Waals surface area (Å²) in [6.07, 6.45) is -3.38. The first-order valence-electron chi connectivity index (χ1n) is 5.28. The maximum atomic E-state index is 9.55. The van der Waals surface area contributed by atoms with Crippen LogP contribution in [0.25, 0.3) is 0 Å². The van der Waals surface area contributed by atoms with E-state index in [0.29, 0.717) is 0 Å². The first-order chi connectivity index (χ1) is 6.90. The van der Waals surface area contributed by atoms with Gasteiger partial charge in [-0.25, -0.2) is 0 Å². The number of aliphatic hydroxyl groups is 4. The Morgan fingerprint density at radius 2 is 1.53 bits per heavy atom. The topological polar surface area (TPSA) is 93.0 Å². The fourth-order valence-electron chi connectivity index (χ4n) is 1.15. The van der Waals surface area contributed by atoms with Crippen LogP contribution in [0.15, 0.2) is 0 Å². The van der Waals surface area contributed by atoms with E-state index in [0.717, 1.165) is 0 Å². The average Bonchev–Trinajstić information content (AvgIpc) is 2.22. The Kier molecular flexibility index (Phi) is 7.04. The Hall–Kier alpha value is -0.200. The molecule has 0 fully saturated rings. The molecule has 0 aromatic rings. The van der Waals surface area contributed by atoms with Crippen LogP contribution in [-0.4, -0.2) is 57.9 Å². The van der Waals surface area contributed by atoms with Gasteiger partial charge < -0.3 is 25.7 Å². The average molecular weight is 221 g/mol. The standard InChI is InChI=1S/C10H23NO4/c1-6(2)11-4-8(13)10(15)9(14)7(3)5-12/h6-15H,4-5H2,1-3H3. The highest BCUT2D eigenvalue weighted by Crippen LogP contribution is 2.09. The molecule has 0 aliphatic heterocycles. The summed E-state index contributed by atoms with van der Waals surface area (Å²) in [5.41, 5.74) is 0. The van der Waals surface area contributed by atoms with Crippen LogP contribution in [0.5, 0.6) is 0 Å². The molecule has 92 valence electrons. The van der Waals surface area contributed by atoms with E-state index in [4.69, 9.17) is 5.11 Å². The molecule has 4 atom stereocenters. The predicted octanol–water partition coefficient (Wildman–Crippen LogP) is -1.30. The van der Waals surface area contributed by atoms with Gasteiger partial charge >= 0.3 is 0 Å². The molecular weight excluding hydrogens is 198 g/mol. The van der Waals surface area contributed by atoms with E-state index < -0.39 is 24.2 Å². The third kappa shape index (κ3) is 5.44. The summed E-state index contributed by atoms with van der Waals surface area (Å²) >= 11 is 0. The van der Waals surface area contributed by atoms with Crippen LogP contribution < -0.4 is 5.32 Å². The Morgan fingerprint density at radius 3 is 1.93 bits per heavy atom. The van der Waals surface area contributed by atoms with E-state index in [2.05, 4.69) is 5.32 Å². The lowest BCUT2D eigenvalue weighted by molar-refractivity contribution is -0.0841. The molecule has 5 nitrogen and oxygen atoms in total. The molecule has 0 aliphatic carbocycles. The molecule has 0 rings (SSSR count). The predicted molar refractivity (Wildman–Crippen MR) is 57.4 cm³/mol. The maximum absolute atomic E-state index is 9.55. The number of aliphatic hydroxyl groups excluding tert-OH is 4. The highest BCUT2D eigenvalue weighted by Gasteiger charge is 2.28. The Balaban J connectivity index is 4.01. The number of nitrogens with one attached hydrogen (secondary N) is 1. The van der Waals surface area contributed by atoms with E-state index >= 15 is 0 Å². The lowest BCUT2D eigenvalue weighted by Gasteiger charge is -2.27. The molecule has 0 aromatic heterocycles. The molecule has 0 radical (unpaired) electrons. The van der Waals surface area contributed by atoms with Crippen molar-refractivity contribution in [1.82, 2.24) is 5.32 Å². The van der Waals surface area contributed by atoms with Crippen LogP contribution in [0, 0.1) is 5.92 Å².